The van der Waals surface area contributed by atoms with Crippen LogP contribution in [0.2, 0.25) is 0 Å². The van der Waals surface area contributed by atoms with Gasteiger partial charge in [0.05, 0.1) is 17.6 Å². The number of aliphatic hydroxyl groups is 2. The van der Waals surface area contributed by atoms with Crippen LogP contribution in [0, 0.1) is 5.41 Å². The van der Waals surface area contributed by atoms with Crippen molar-refractivity contribution >= 4 is 5.97 Å². The Labute approximate surface area is 91.3 Å². The average Bonchev–Trinajstić information content (AvgIpc) is 2.01. The van der Waals surface area contributed by atoms with Crippen molar-refractivity contribution in [3.05, 3.63) is 0 Å². The molecule has 0 saturated carbocycles. The molecule has 0 aromatic carbocycles. The second kappa shape index (κ2) is 4.10. The summed E-state index contributed by atoms with van der Waals surface area (Å²) in [5, 5.41) is 18.8. The lowest BCUT2D eigenvalue weighted by Gasteiger charge is -2.38. The number of ether oxygens (including phenoxy) is 1. The Balaban J connectivity index is 4.70. The first-order valence-corrected chi connectivity index (χ1v) is 5.01. The molecule has 15 heavy (non-hydrogen) atoms. The van der Waals surface area contributed by atoms with Gasteiger partial charge in [0.25, 0.3) is 0 Å². The van der Waals surface area contributed by atoms with Gasteiger partial charge in [-0.1, -0.05) is 0 Å². The maximum Gasteiger partial charge on any atom is 0.314 e. The SMILES string of the molecule is CC(C)(CO)C(=O)OC(C)(C)C(C)(C)O. The van der Waals surface area contributed by atoms with Crippen molar-refractivity contribution in [3.63, 3.8) is 0 Å². The molecular weight excluding hydrogens is 196 g/mol. The van der Waals surface area contributed by atoms with Crippen molar-refractivity contribution in [1.82, 2.24) is 0 Å². The zero-order chi connectivity index (χ0) is 12.5. The van der Waals surface area contributed by atoms with Gasteiger partial charge in [0.2, 0.25) is 0 Å². The van der Waals surface area contributed by atoms with E-state index in [2.05, 4.69) is 0 Å². The fraction of sp³-hybridized carbons (Fsp3) is 0.909. The minimum Gasteiger partial charge on any atom is -0.456 e. The van der Waals surface area contributed by atoms with Crippen molar-refractivity contribution in [2.24, 2.45) is 5.41 Å². The Hall–Kier alpha value is -0.610. The molecule has 0 aromatic rings. The maximum atomic E-state index is 11.7. The van der Waals surface area contributed by atoms with E-state index in [1.54, 1.807) is 41.5 Å². The Kier molecular flexibility index (Phi) is 3.93. The van der Waals surface area contributed by atoms with Crippen molar-refractivity contribution in [1.29, 1.82) is 0 Å². The molecule has 0 amide bonds. The lowest BCUT2D eigenvalue weighted by Crippen LogP contribution is -2.50. The van der Waals surface area contributed by atoms with Gasteiger partial charge < -0.3 is 14.9 Å². The average molecular weight is 218 g/mol. The Bertz CT molecular complexity index is 235. The summed E-state index contributed by atoms with van der Waals surface area (Å²) in [4.78, 5) is 11.7. The van der Waals surface area contributed by atoms with E-state index < -0.39 is 22.6 Å². The topological polar surface area (TPSA) is 66.8 Å². The Morgan fingerprint density at radius 3 is 1.80 bits per heavy atom. The van der Waals surface area contributed by atoms with Crippen LogP contribution in [-0.4, -0.2) is 34.0 Å². The number of hydrogen-bond donors (Lipinski definition) is 2. The largest absolute Gasteiger partial charge is 0.456 e. The number of esters is 1. The van der Waals surface area contributed by atoms with Gasteiger partial charge in [0.15, 0.2) is 0 Å². The number of carbonyl (C=O) groups is 1. The van der Waals surface area contributed by atoms with Crippen LogP contribution in [0.5, 0.6) is 0 Å². The highest BCUT2D eigenvalue weighted by molar-refractivity contribution is 5.76. The van der Waals surface area contributed by atoms with Crippen molar-refractivity contribution < 1.29 is 19.7 Å². The van der Waals surface area contributed by atoms with Gasteiger partial charge in [0.1, 0.15) is 5.60 Å². The molecule has 0 unspecified atom stereocenters. The van der Waals surface area contributed by atoms with E-state index in [4.69, 9.17) is 9.84 Å². The molecule has 0 spiro atoms. The summed E-state index contributed by atoms with van der Waals surface area (Å²) in [5.74, 6) is -0.517. The van der Waals surface area contributed by atoms with Crippen LogP contribution >= 0.6 is 0 Å². The number of carbonyl (C=O) groups excluding carboxylic acids is 1. The van der Waals surface area contributed by atoms with E-state index >= 15 is 0 Å². The highest BCUT2D eigenvalue weighted by atomic mass is 16.6. The van der Waals surface area contributed by atoms with Crippen LogP contribution in [0.15, 0.2) is 0 Å². The van der Waals surface area contributed by atoms with Gasteiger partial charge >= 0.3 is 5.97 Å². The molecule has 0 bridgehead atoms. The minimum absolute atomic E-state index is 0.284. The lowest BCUT2D eigenvalue weighted by molar-refractivity contribution is -0.192. The highest BCUT2D eigenvalue weighted by Gasteiger charge is 2.42. The molecule has 4 heteroatoms. The summed E-state index contributed by atoms with van der Waals surface area (Å²) in [6.07, 6.45) is 0. The molecular formula is C11H22O4. The van der Waals surface area contributed by atoms with Gasteiger partial charge in [-0.05, 0) is 41.5 Å². The monoisotopic (exact) mass is 218 g/mol. The standard InChI is InChI=1S/C11H22O4/c1-9(2,7-12)8(13)15-11(5,6)10(3,4)14/h12,14H,7H2,1-6H3. The van der Waals surface area contributed by atoms with Crippen LogP contribution in [-0.2, 0) is 9.53 Å². The van der Waals surface area contributed by atoms with Crippen LogP contribution in [0.25, 0.3) is 0 Å². The molecule has 0 radical (unpaired) electrons. The van der Waals surface area contributed by atoms with Gasteiger partial charge in [-0.3, -0.25) is 4.79 Å². The van der Waals surface area contributed by atoms with Crippen molar-refractivity contribution in [3.8, 4) is 0 Å². The Morgan fingerprint density at radius 2 is 1.53 bits per heavy atom. The smallest absolute Gasteiger partial charge is 0.314 e. The highest BCUT2D eigenvalue weighted by Crippen LogP contribution is 2.28. The third kappa shape index (κ3) is 3.47. The molecule has 4 nitrogen and oxygen atoms in total. The zero-order valence-electron chi connectivity index (χ0n) is 10.4. The molecule has 0 aliphatic heterocycles. The van der Waals surface area contributed by atoms with E-state index in [9.17, 15) is 9.90 Å². The first-order chi connectivity index (χ1) is 6.44. The number of hydrogen-bond acceptors (Lipinski definition) is 4. The summed E-state index contributed by atoms with van der Waals surface area (Å²) in [6, 6.07) is 0. The van der Waals surface area contributed by atoms with Gasteiger partial charge in [0, 0.05) is 0 Å². The second-order valence-electron chi connectivity index (χ2n) is 5.50. The predicted molar refractivity (Wildman–Crippen MR) is 57.3 cm³/mol. The molecule has 0 heterocycles. The van der Waals surface area contributed by atoms with Gasteiger partial charge in [-0.25, -0.2) is 0 Å². The van der Waals surface area contributed by atoms with Crippen LogP contribution in [0.3, 0.4) is 0 Å². The Morgan fingerprint density at radius 1 is 1.13 bits per heavy atom. The first-order valence-electron chi connectivity index (χ1n) is 5.01. The number of rotatable bonds is 4. The minimum atomic E-state index is -1.13. The van der Waals surface area contributed by atoms with E-state index in [1.807, 2.05) is 0 Å². The lowest BCUT2D eigenvalue weighted by atomic mass is 9.88. The van der Waals surface area contributed by atoms with Crippen LogP contribution in [0.1, 0.15) is 41.5 Å². The maximum absolute atomic E-state index is 11.7. The summed E-state index contributed by atoms with van der Waals surface area (Å²) in [5.41, 5.74) is -3.06. The summed E-state index contributed by atoms with van der Waals surface area (Å²) in [7, 11) is 0. The van der Waals surface area contributed by atoms with E-state index in [1.165, 1.54) is 0 Å². The molecule has 0 rings (SSSR count). The first kappa shape index (κ1) is 14.4. The van der Waals surface area contributed by atoms with Gasteiger partial charge in [-0.2, -0.15) is 0 Å². The molecule has 0 fully saturated rings. The molecule has 90 valence electrons. The summed E-state index contributed by atoms with van der Waals surface area (Å²) in [6.45, 7) is 9.33. The number of aliphatic hydroxyl groups excluding tert-OH is 1. The quantitative estimate of drug-likeness (QED) is 0.693. The zero-order valence-corrected chi connectivity index (χ0v) is 10.4. The molecule has 0 saturated heterocycles. The fourth-order valence-electron chi connectivity index (χ4n) is 0.559. The van der Waals surface area contributed by atoms with Crippen molar-refractivity contribution in [2.45, 2.75) is 52.7 Å². The second-order valence-corrected chi connectivity index (χ2v) is 5.50. The summed E-state index contributed by atoms with van der Waals surface area (Å²) >= 11 is 0. The molecule has 0 aromatic heterocycles. The fourth-order valence-corrected chi connectivity index (χ4v) is 0.559. The molecule has 0 aliphatic carbocycles. The normalized spacial score (nSPS) is 13.9. The summed E-state index contributed by atoms with van der Waals surface area (Å²) < 4.78 is 5.21. The molecule has 2 N–H and O–H groups in total. The molecule has 0 aliphatic rings. The predicted octanol–water partition coefficient (Wildman–Crippen LogP) is 1.10. The van der Waals surface area contributed by atoms with E-state index in [0.717, 1.165) is 0 Å². The van der Waals surface area contributed by atoms with Crippen LogP contribution < -0.4 is 0 Å². The van der Waals surface area contributed by atoms with Crippen molar-refractivity contribution in [2.75, 3.05) is 6.61 Å². The van der Waals surface area contributed by atoms with Gasteiger partial charge in [-0.15, -0.1) is 0 Å². The third-order valence-electron chi connectivity index (χ3n) is 2.77. The third-order valence-corrected chi connectivity index (χ3v) is 2.77. The molecule has 0 atom stereocenters. The van der Waals surface area contributed by atoms with E-state index in [0.29, 0.717) is 0 Å². The van der Waals surface area contributed by atoms with Crippen LogP contribution in [0.4, 0.5) is 0 Å². The van der Waals surface area contributed by atoms with E-state index in [-0.39, 0.29) is 6.61 Å².